The second-order valence-electron chi connectivity index (χ2n) is 3.66. The Bertz CT molecular complexity index is 554. The normalized spacial score (nSPS) is 17.5. The first kappa shape index (κ1) is 12.3. The highest BCUT2D eigenvalue weighted by atomic mass is 19.2. The highest BCUT2D eigenvalue weighted by molar-refractivity contribution is 6.22. The van der Waals surface area contributed by atoms with Crippen molar-refractivity contribution in [1.29, 1.82) is 0 Å². The first-order valence-corrected chi connectivity index (χ1v) is 5.28. The molecule has 1 atom stereocenters. The predicted octanol–water partition coefficient (Wildman–Crippen LogP) is 2.04. The fourth-order valence-electron chi connectivity index (χ4n) is 1.63. The lowest BCUT2D eigenvalue weighted by atomic mass is 9.94. The molecule has 1 aliphatic rings. The molecule has 2 rings (SSSR count). The number of nitrogens with zero attached hydrogens (tertiary/aromatic N) is 1. The highest BCUT2D eigenvalue weighted by Gasteiger charge is 2.32. The average molecular weight is 253 g/mol. The number of hydrogen-bond donors (Lipinski definition) is 0. The number of hydrogen-bond acceptors (Lipinski definition) is 4. The van der Waals surface area contributed by atoms with Gasteiger partial charge in [-0.2, -0.15) is 0 Å². The Hall–Kier alpha value is -2.11. The van der Waals surface area contributed by atoms with Gasteiger partial charge < -0.3 is 4.74 Å². The van der Waals surface area contributed by atoms with Gasteiger partial charge in [0.25, 0.3) is 0 Å². The van der Waals surface area contributed by atoms with E-state index in [2.05, 4.69) is 4.99 Å². The van der Waals surface area contributed by atoms with Crippen LogP contribution in [0.3, 0.4) is 0 Å². The van der Waals surface area contributed by atoms with E-state index in [9.17, 15) is 18.4 Å². The summed E-state index contributed by atoms with van der Waals surface area (Å²) in [6.45, 7) is 1.73. The third kappa shape index (κ3) is 2.01. The summed E-state index contributed by atoms with van der Waals surface area (Å²) in [6.07, 6.45) is 1.08. The third-order valence-electron chi connectivity index (χ3n) is 2.49. The zero-order chi connectivity index (χ0) is 13.3. The largest absolute Gasteiger partial charge is 0.465 e. The van der Waals surface area contributed by atoms with Crippen molar-refractivity contribution in [2.24, 2.45) is 10.9 Å². The molecule has 0 amide bonds. The van der Waals surface area contributed by atoms with Gasteiger partial charge in [-0.1, -0.05) is 0 Å². The van der Waals surface area contributed by atoms with Crippen molar-refractivity contribution in [2.75, 3.05) is 6.61 Å². The zero-order valence-electron chi connectivity index (χ0n) is 9.44. The van der Waals surface area contributed by atoms with E-state index in [4.69, 9.17) is 4.74 Å². The van der Waals surface area contributed by atoms with Crippen LogP contribution in [0.1, 0.15) is 17.3 Å². The lowest BCUT2D eigenvalue weighted by Gasteiger charge is -2.16. The van der Waals surface area contributed by atoms with Crippen molar-refractivity contribution < 1.29 is 23.1 Å². The molecule has 6 heteroatoms. The van der Waals surface area contributed by atoms with Crippen LogP contribution in [0.5, 0.6) is 0 Å². The minimum absolute atomic E-state index is 0.0134. The minimum Gasteiger partial charge on any atom is -0.465 e. The third-order valence-corrected chi connectivity index (χ3v) is 2.49. The van der Waals surface area contributed by atoms with Gasteiger partial charge >= 0.3 is 5.97 Å². The lowest BCUT2D eigenvalue weighted by molar-refractivity contribution is -0.143. The summed E-state index contributed by atoms with van der Waals surface area (Å²) in [5, 5.41) is 0. The molecule has 4 nitrogen and oxygen atoms in total. The standard InChI is InChI=1S/C12H9F2NO3/c1-2-18-12(17)7-5-15-10-4-9(14)8(13)3-6(10)11(7)16/h3-5,7H,2H2,1H3. The lowest BCUT2D eigenvalue weighted by Crippen LogP contribution is -2.29. The van der Waals surface area contributed by atoms with E-state index < -0.39 is 29.3 Å². The fourth-order valence-corrected chi connectivity index (χ4v) is 1.63. The quantitative estimate of drug-likeness (QED) is 0.598. The van der Waals surface area contributed by atoms with Crippen molar-refractivity contribution in [3.8, 4) is 0 Å². The molecule has 1 heterocycles. The SMILES string of the molecule is CCOC(=O)C1C=Nc2cc(F)c(F)cc2C1=O. The molecule has 1 unspecified atom stereocenters. The number of carbonyl (C=O) groups is 2. The van der Waals surface area contributed by atoms with Crippen LogP contribution in [0.15, 0.2) is 17.1 Å². The highest BCUT2D eigenvalue weighted by Crippen LogP contribution is 2.28. The first-order chi connectivity index (χ1) is 8.54. The molecule has 0 saturated heterocycles. The van der Waals surface area contributed by atoms with Gasteiger partial charge in [-0.15, -0.1) is 0 Å². The van der Waals surface area contributed by atoms with Gasteiger partial charge in [0.1, 0.15) is 0 Å². The topological polar surface area (TPSA) is 55.7 Å². The molecule has 0 N–H and O–H groups in total. The molecular formula is C12H9F2NO3. The Morgan fingerprint density at radius 1 is 1.39 bits per heavy atom. The smallest absolute Gasteiger partial charge is 0.322 e. The summed E-state index contributed by atoms with van der Waals surface area (Å²) in [7, 11) is 0. The number of Topliss-reactive ketones (excluding diaryl/α,β-unsaturated/α-hetero) is 1. The summed E-state index contributed by atoms with van der Waals surface area (Å²) in [5.41, 5.74) is -0.103. The predicted molar refractivity (Wildman–Crippen MR) is 59.0 cm³/mol. The van der Waals surface area contributed by atoms with E-state index in [1.807, 2.05) is 0 Å². The summed E-state index contributed by atoms with van der Waals surface area (Å²) < 4.78 is 30.7. The van der Waals surface area contributed by atoms with E-state index in [0.717, 1.165) is 18.3 Å². The van der Waals surface area contributed by atoms with Gasteiger partial charge in [0.2, 0.25) is 0 Å². The van der Waals surface area contributed by atoms with Gasteiger partial charge in [-0.3, -0.25) is 14.6 Å². The number of halogens is 2. The minimum atomic E-state index is -1.19. The number of aliphatic imine (C=N–C) groups is 1. The number of benzene rings is 1. The number of ketones is 1. The van der Waals surface area contributed by atoms with E-state index in [-0.39, 0.29) is 17.9 Å². The summed E-state index contributed by atoms with van der Waals surface area (Å²) >= 11 is 0. The number of rotatable bonds is 2. The van der Waals surface area contributed by atoms with Crippen LogP contribution in [0.25, 0.3) is 0 Å². The summed E-state index contributed by atoms with van der Waals surface area (Å²) in [4.78, 5) is 27.2. The van der Waals surface area contributed by atoms with Crippen LogP contribution >= 0.6 is 0 Å². The van der Waals surface area contributed by atoms with Crippen LogP contribution in [-0.2, 0) is 9.53 Å². The van der Waals surface area contributed by atoms with E-state index in [0.29, 0.717) is 0 Å². The second-order valence-corrected chi connectivity index (χ2v) is 3.66. The van der Waals surface area contributed by atoms with Gasteiger partial charge in [-0.25, -0.2) is 8.78 Å². The zero-order valence-corrected chi connectivity index (χ0v) is 9.44. The summed E-state index contributed by atoms with van der Waals surface area (Å²) in [5.74, 6) is -4.82. The van der Waals surface area contributed by atoms with Crippen LogP contribution in [0, 0.1) is 17.6 Å². The Labute approximate surface area is 101 Å². The number of fused-ring (bicyclic) bond motifs is 1. The average Bonchev–Trinajstić information content (AvgIpc) is 2.32. The molecular weight excluding hydrogens is 244 g/mol. The van der Waals surface area contributed by atoms with Gasteiger partial charge in [0, 0.05) is 17.8 Å². The van der Waals surface area contributed by atoms with Crippen LogP contribution in [0.2, 0.25) is 0 Å². The van der Waals surface area contributed by atoms with E-state index >= 15 is 0 Å². The van der Waals surface area contributed by atoms with Crippen molar-refractivity contribution >= 4 is 23.7 Å². The number of carbonyl (C=O) groups excluding carboxylic acids is 2. The monoisotopic (exact) mass is 253 g/mol. The molecule has 1 aromatic carbocycles. The maximum absolute atomic E-state index is 13.1. The van der Waals surface area contributed by atoms with Gasteiger partial charge in [0.15, 0.2) is 23.3 Å². The Morgan fingerprint density at radius 3 is 2.72 bits per heavy atom. The molecule has 0 radical (unpaired) electrons. The molecule has 0 bridgehead atoms. The number of esters is 1. The molecule has 1 aliphatic heterocycles. The Morgan fingerprint density at radius 2 is 2.06 bits per heavy atom. The molecule has 0 aromatic heterocycles. The van der Waals surface area contributed by atoms with E-state index in [1.54, 1.807) is 6.92 Å². The molecule has 1 aromatic rings. The van der Waals surface area contributed by atoms with Crippen LogP contribution in [-0.4, -0.2) is 24.6 Å². The summed E-state index contributed by atoms with van der Waals surface area (Å²) in [6, 6.07) is 1.57. The van der Waals surface area contributed by atoms with Crippen molar-refractivity contribution in [2.45, 2.75) is 6.92 Å². The van der Waals surface area contributed by atoms with Gasteiger partial charge in [-0.05, 0) is 13.0 Å². The molecule has 0 aliphatic carbocycles. The van der Waals surface area contributed by atoms with Crippen molar-refractivity contribution in [3.05, 3.63) is 29.3 Å². The number of ether oxygens (including phenoxy) is 1. The molecule has 18 heavy (non-hydrogen) atoms. The van der Waals surface area contributed by atoms with Crippen molar-refractivity contribution in [1.82, 2.24) is 0 Å². The molecule has 0 saturated carbocycles. The maximum Gasteiger partial charge on any atom is 0.322 e. The van der Waals surface area contributed by atoms with Crippen LogP contribution in [0.4, 0.5) is 14.5 Å². The second kappa shape index (κ2) is 4.64. The Balaban J connectivity index is 2.39. The fraction of sp³-hybridized carbons (Fsp3) is 0.250. The van der Waals surface area contributed by atoms with Gasteiger partial charge in [0.05, 0.1) is 12.3 Å². The van der Waals surface area contributed by atoms with Crippen LogP contribution < -0.4 is 0 Å². The van der Waals surface area contributed by atoms with E-state index in [1.165, 1.54) is 0 Å². The first-order valence-electron chi connectivity index (χ1n) is 5.28. The molecule has 0 spiro atoms. The Kier molecular flexibility index (Phi) is 3.18. The van der Waals surface area contributed by atoms with Crippen molar-refractivity contribution in [3.63, 3.8) is 0 Å². The molecule has 0 fully saturated rings. The maximum atomic E-state index is 13.1. The molecule has 94 valence electrons.